The van der Waals surface area contributed by atoms with E-state index < -0.39 is 0 Å². The number of hydrogen-bond acceptors (Lipinski definition) is 3. The second-order valence-electron chi connectivity index (χ2n) is 4.59. The minimum atomic E-state index is 0.0529. The highest BCUT2D eigenvalue weighted by Crippen LogP contribution is 2.12. The van der Waals surface area contributed by atoms with Gasteiger partial charge in [0.1, 0.15) is 0 Å². The molecule has 0 saturated carbocycles. The Hall–Kier alpha value is -0.870. The van der Waals surface area contributed by atoms with Crippen LogP contribution in [0, 0.1) is 0 Å². The van der Waals surface area contributed by atoms with Gasteiger partial charge in [-0.25, -0.2) is 0 Å². The molecule has 1 N–H and O–H groups in total. The number of thiophene rings is 1. The molecule has 2 rings (SSSR count). The molecule has 1 atom stereocenters. The largest absolute Gasteiger partial charge is 0.344 e. The van der Waals surface area contributed by atoms with Gasteiger partial charge in [-0.3, -0.25) is 4.79 Å². The van der Waals surface area contributed by atoms with Gasteiger partial charge in [0.25, 0.3) is 0 Å². The van der Waals surface area contributed by atoms with Crippen molar-refractivity contribution in [2.24, 2.45) is 0 Å². The van der Waals surface area contributed by atoms with Crippen molar-refractivity contribution in [3.63, 3.8) is 0 Å². The van der Waals surface area contributed by atoms with Crippen molar-refractivity contribution in [2.45, 2.75) is 31.7 Å². The molecule has 4 heteroatoms. The standard InChI is InChI=1S/C13H20N2OS/c1-15(9-7-11-5-4-10-17-11)13(16)12-6-2-3-8-14-12/h4-5,10,12,14H,2-3,6-9H2,1H3/t12-/m1/s1. The number of carbonyl (C=O) groups is 1. The van der Waals surface area contributed by atoms with E-state index in [9.17, 15) is 4.79 Å². The first-order chi connectivity index (χ1) is 8.27. The Morgan fingerprint density at radius 3 is 3.12 bits per heavy atom. The van der Waals surface area contributed by atoms with Gasteiger partial charge in [0.05, 0.1) is 6.04 Å². The van der Waals surface area contributed by atoms with Gasteiger partial charge in [-0.05, 0) is 37.3 Å². The van der Waals surface area contributed by atoms with Gasteiger partial charge >= 0.3 is 0 Å². The number of piperidine rings is 1. The summed E-state index contributed by atoms with van der Waals surface area (Å²) in [6.07, 6.45) is 4.32. The molecule has 0 radical (unpaired) electrons. The van der Waals surface area contributed by atoms with Crippen LogP contribution >= 0.6 is 11.3 Å². The van der Waals surface area contributed by atoms with Gasteiger partial charge in [-0.1, -0.05) is 12.5 Å². The highest BCUT2D eigenvalue weighted by atomic mass is 32.1. The van der Waals surface area contributed by atoms with Crippen molar-refractivity contribution < 1.29 is 4.79 Å². The van der Waals surface area contributed by atoms with Crippen LogP contribution in [0.25, 0.3) is 0 Å². The van der Waals surface area contributed by atoms with Gasteiger partial charge in [0.15, 0.2) is 0 Å². The molecule has 2 heterocycles. The molecule has 17 heavy (non-hydrogen) atoms. The maximum Gasteiger partial charge on any atom is 0.239 e. The lowest BCUT2D eigenvalue weighted by atomic mass is 10.0. The van der Waals surface area contributed by atoms with E-state index >= 15 is 0 Å². The fourth-order valence-corrected chi connectivity index (χ4v) is 2.87. The van der Waals surface area contributed by atoms with E-state index in [1.807, 2.05) is 11.9 Å². The number of rotatable bonds is 4. The average Bonchev–Trinajstić information content (AvgIpc) is 2.89. The van der Waals surface area contributed by atoms with Gasteiger partial charge in [0.2, 0.25) is 5.91 Å². The summed E-state index contributed by atoms with van der Waals surface area (Å²) in [6, 6.07) is 4.24. The van der Waals surface area contributed by atoms with E-state index in [-0.39, 0.29) is 11.9 Å². The molecule has 1 aromatic rings. The Balaban J connectivity index is 1.78. The molecule has 94 valence electrons. The maximum absolute atomic E-state index is 12.1. The number of amides is 1. The molecular formula is C13H20N2OS. The Labute approximate surface area is 107 Å². The zero-order valence-corrected chi connectivity index (χ0v) is 11.1. The van der Waals surface area contributed by atoms with E-state index in [4.69, 9.17) is 0 Å². The quantitative estimate of drug-likeness (QED) is 0.887. The van der Waals surface area contributed by atoms with Crippen LogP contribution in [-0.2, 0) is 11.2 Å². The monoisotopic (exact) mass is 252 g/mol. The lowest BCUT2D eigenvalue weighted by molar-refractivity contribution is -0.132. The van der Waals surface area contributed by atoms with Crippen molar-refractivity contribution in [2.75, 3.05) is 20.1 Å². The van der Waals surface area contributed by atoms with Crippen LogP contribution in [0.1, 0.15) is 24.1 Å². The Morgan fingerprint density at radius 1 is 1.59 bits per heavy atom. The predicted octanol–water partition coefficient (Wildman–Crippen LogP) is 1.89. The molecule has 1 aliphatic heterocycles. The Morgan fingerprint density at radius 2 is 2.47 bits per heavy atom. The molecule has 0 bridgehead atoms. The molecule has 0 aliphatic carbocycles. The summed E-state index contributed by atoms with van der Waals surface area (Å²) >= 11 is 1.76. The van der Waals surface area contributed by atoms with E-state index in [2.05, 4.69) is 22.8 Å². The fraction of sp³-hybridized carbons (Fsp3) is 0.615. The van der Waals surface area contributed by atoms with Gasteiger partial charge < -0.3 is 10.2 Å². The Kier molecular flexibility index (Phi) is 4.57. The SMILES string of the molecule is CN(CCc1cccs1)C(=O)[C@H]1CCCCN1. The number of nitrogens with zero attached hydrogens (tertiary/aromatic N) is 1. The third-order valence-corrected chi connectivity index (χ3v) is 4.19. The van der Waals surface area contributed by atoms with Gasteiger partial charge in [0, 0.05) is 18.5 Å². The van der Waals surface area contributed by atoms with E-state index in [0.717, 1.165) is 25.9 Å². The molecule has 1 aromatic heterocycles. The number of hydrogen-bond donors (Lipinski definition) is 1. The highest BCUT2D eigenvalue weighted by Gasteiger charge is 2.23. The minimum absolute atomic E-state index is 0.0529. The van der Waals surface area contributed by atoms with Crippen LogP contribution in [0.15, 0.2) is 17.5 Å². The lowest BCUT2D eigenvalue weighted by Crippen LogP contribution is -2.47. The summed E-state index contributed by atoms with van der Waals surface area (Å²) in [4.78, 5) is 15.3. The molecule has 0 spiro atoms. The second kappa shape index (κ2) is 6.17. The summed E-state index contributed by atoms with van der Waals surface area (Å²) in [5.41, 5.74) is 0. The first-order valence-electron chi connectivity index (χ1n) is 6.28. The molecule has 1 aliphatic rings. The summed E-state index contributed by atoms with van der Waals surface area (Å²) < 4.78 is 0. The van der Waals surface area contributed by atoms with Crippen LogP contribution in [0.3, 0.4) is 0 Å². The first-order valence-corrected chi connectivity index (χ1v) is 7.16. The lowest BCUT2D eigenvalue weighted by Gasteiger charge is -2.27. The number of nitrogens with one attached hydrogen (secondary N) is 1. The maximum atomic E-state index is 12.1. The smallest absolute Gasteiger partial charge is 0.239 e. The third-order valence-electron chi connectivity index (χ3n) is 3.26. The van der Waals surface area contributed by atoms with Crippen molar-refractivity contribution in [3.8, 4) is 0 Å². The number of carbonyl (C=O) groups excluding carboxylic acids is 1. The van der Waals surface area contributed by atoms with Crippen molar-refractivity contribution in [3.05, 3.63) is 22.4 Å². The summed E-state index contributed by atoms with van der Waals surface area (Å²) in [6.45, 7) is 1.80. The molecule has 0 aromatic carbocycles. The minimum Gasteiger partial charge on any atom is -0.344 e. The van der Waals surface area contributed by atoms with Gasteiger partial charge in [-0.2, -0.15) is 0 Å². The predicted molar refractivity (Wildman–Crippen MR) is 71.3 cm³/mol. The van der Waals surface area contributed by atoms with E-state index in [1.54, 1.807) is 11.3 Å². The zero-order chi connectivity index (χ0) is 12.1. The van der Waals surface area contributed by atoms with Crippen LogP contribution < -0.4 is 5.32 Å². The van der Waals surface area contributed by atoms with E-state index in [0.29, 0.717) is 0 Å². The van der Waals surface area contributed by atoms with Crippen LogP contribution in [-0.4, -0.2) is 37.0 Å². The second-order valence-corrected chi connectivity index (χ2v) is 5.62. The zero-order valence-electron chi connectivity index (χ0n) is 10.3. The highest BCUT2D eigenvalue weighted by molar-refractivity contribution is 7.09. The molecule has 1 fully saturated rings. The van der Waals surface area contributed by atoms with E-state index in [1.165, 1.54) is 17.7 Å². The molecule has 0 unspecified atom stereocenters. The molecule has 1 amide bonds. The molecular weight excluding hydrogens is 232 g/mol. The fourth-order valence-electron chi connectivity index (χ4n) is 2.17. The summed E-state index contributed by atoms with van der Waals surface area (Å²) in [7, 11) is 1.91. The summed E-state index contributed by atoms with van der Waals surface area (Å²) in [5.74, 6) is 0.251. The summed E-state index contributed by atoms with van der Waals surface area (Å²) in [5, 5.41) is 5.39. The third kappa shape index (κ3) is 3.54. The average molecular weight is 252 g/mol. The topological polar surface area (TPSA) is 32.3 Å². The normalized spacial score (nSPS) is 20.2. The molecule has 1 saturated heterocycles. The van der Waals surface area contributed by atoms with Crippen molar-refractivity contribution in [1.29, 1.82) is 0 Å². The van der Waals surface area contributed by atoms with Crippen molar-refractivity contribution in [1.82, 2.24) is 10.2 Å². The van der Waals surface area contributed by atoms with Crippen molar-refractivity contribution >= 4 is 17.2 Å². The van der Waals surface area contributed by atoms with Gasteiger partial charge in [-0.15, -0.1) is 11.3 Å². The number of likely N-dealkylation sites (N-methyl/N-ethyl adjacent to an activating group) is 1. The first kappa shape index (κ1) is 12.6. The van der Waals surface area contributed by atoms with Crippen LogP contribution in [0.2, 0.25) is 0 Å². The Bertz CT molecular complexity index is 344. The molecule has 3 nitrogen and oxygen atoms in total. The van der Waals surface area contributed by atoms with Crippen LogP contribution in [0.4, 0.5) is 0 Å². The van der Waals surface area contributed by atoms with Crippen LogP contribution in [0.5, 0.6) is 0 Å².